The summed E-state index contributed by atoms with van der Waals surface area (Å²) in [5.74, 6) is 0.942. The van der Waals surface area contributed by atoms with E-state index in [-0.39, 0.29) is 11.6 Å². The van der Waals surface area contributed by atoms with Crippen LogP contribution in [0.1, 0.15) is 17.5 Å². The van der Waals surface area contributed by atoms with Crippen molar-refractivity contribution in [2.24, 2.45) is 0 Å². The number of carbonyl (C=O) groups excluding carboxylic acids is 1. The van der Waals surface area contributed by atoms with Crippen LogP contribution >= 0.6 is 0 Å². The summed E-state index contributed by atoms with van der Waals surface area (Å²) in [5, 5.41) is 3.57. The average Bonchev–Trinajstić information content (AvgIpc) is 2.78. The van der Waals surface area contributed by atoms with Crippen LogP contribution in [-0.4, -0.2) is 23.0 Å². The first kappa shape index (κ1) is 10.4. The molecule has 0 radical (unpaired) electrons. The summed E-state index contributed by atoms with van der Waals surface area (Å²) in [5.41, 5.74) is 0.751. The zero-order chi connectivity index (χ0) is 11.5. The van der Waals surface area contributed by atoms with Gasteiger partial charge in [-0.3, -0.25) is 4.79 Å². The number of benzene rings is 1. The van der Waals surface area contributed by atoms with E-state index >= 15 is 0 Å². The SMILES string of the molecule is COc1ccc(-c2nc(C(C)=O)no2)cc1. The molecular weight excluding hydrogens is 208 g/mol. The molecule has 0 spiro atoms. The van der Waals surface area contributed by atoms with Crippen molar-refractivity contribution >= 4 is 5.78 Å². The third-order valence-electron chi connectivity index (χ3n) is 2.08. The fourth-order valence-corrected chi connectivity index (χ4v) is 1.22. The Bertz CT molecular complexity index is 502. The van der Waals surface area contributed by atoms with Gasteiger partial charge in [0.2, 0.25) is 11.6 Å². The number of carbonyl (C=O) groups is 1. The topological polar surface area (TPSA) is 65.2 Å². The molecule has 0 N–H and O–H groups in total. The Morgan fingerprint density at radius 3 is 2.50 bits per heavy atom. The van der Waals surface area contributed by atoms with Crippen LogP contribution in [0.25, 0.3) is 11.5 Å². The van der Waals surface area contributed by atoms with Crippen LogP contribution in [0.15, 0.2) is 28.8 Å². The highest BCUT2D eigenvalue weighted by Crippen LogP contribution is 2.20. The van der Waals surface area contributed by atoms with Crippen LogP contribution in [0.3, 0.4) is 0 Å². The molecule has 82 valence electrons. The van der Waals surface area contributed by atoms with Crippen molar-refractivity contribution in [2.75, 3.05) is 7.11 Å². The van der Waals surface area contributed by atoms with Crippen LogP contribution in [0.2, 0.25) is 0 Å². The number of ketones is 1. The second-order valence-electron chi connectivity index (χ2n) is 3.21. The highest BCUT2D eigenvalue weighted by molar-refractivity contribution is 5.90. The lowest BCUT2D eigenvalue weighted by molar-refractivity contribution is 0.100. The molecule has 0 amide bonds. The smallest absolute Gasteiger partial charge is 0.258 e. The van der Waals surface area contributed by atoms with Gasteiger partial charge < -0.3 is 9.26 Å². The molecule has 1 aromatic carbocycles. The number of nitrogens with zero attached hydrogens (tertiary/aromatic N) is 2. The lowest BCUT2D eigenvalue weighted by Crippen LogP contribution is -1.93. The molecule has 5 heteroatoms. The van der Waals surface area contributed by atoms with Crippen LogP contribution < -0.4 is 4.74 Å². The van der Waals surface area contributed by atoms with Crippen LogP contribution in [0, 0.1) is 0 Å². The summed E-state index contributed by atoms with van der Waals surface area (Å²) in [6.45, 7) is 1.39. The number of methoxy groups -OCH3 is 1. The predicted molar refractivity (Wildman–Crippen MR) is 56.3 cm³/mol. The molecule has 0 bridgehead atoms. The van der Waals surface area contributed by atoms with Crippen LogP contribution in [-0.2, 0) is 0 Å². The molecule has 0 aliphatic heterocycles. The number of Topliss-reactive ketones (excluding diaryl/α,β-unsaturated/α-hetero) is 1. The van der Waals surface area contributed by atoms with E-state index in [9.17, 15) is 4.79 Å². The Kier molecular flexibility index (Phi) is 2.68. The lowest BCUT2D eigenvalue weighted by Gasteiger charge is -1.98. The molecule has 2 rings (SSSR count). The van der Waals surface area contributed by atoms with Gasteiger partial charge in [-0.2, -0.15) is 4.98 Å². The van der Waals surface area contributed by atoms with E-state index in [0.29, 0.717) is 5.89 Å². The molecule has 1 aromatic heterocycles. The van der Waals surface area contributed by atoms with E-state index < -0.39 is 0 Å². The molecule has 0 unspecified atom stereocenters. The summed E-state index contributed by atoms with van der Waals surface area (Å²) < 4.78 is 9.99. The first-order valence-corrected chi connectivity index (χ1v) is 4.70. The van der Waals surface area contributed by atoms with Crippen molar-refractivity contribution in [1.82, 2.24) is 10.1 Å². The van der Waals surface area contributed by atoms with Crippen molar-refractivity contribution in [3.63, 3.8) is 0 Å². The molecule has 0 aliphatic rings. The number of hydrogen-bond donors (Lipinski definition) is 0. The fourth-order valence-electron chi connectivity index (χ4n) is 1.22. The maximum absolute atomic E-state index is 11.0. The van der Waals surface area contributed by atoms with Crippen LogP contribution in [0.5, 0.6) is 5.75 Å². The van der Waals surface area contributed by atoms with E-state index in [4.69, 9.17) is 9.26 Å². The van der Waals surface area contributed by atoms with Gasteiger partial charge in [0, 0.05) is 12.5 Å². The minimum Gasteiger partial charge on any atom is -0.497 e. The van der Waals surface area contributed by atoms with Crippen LogP contribution in [0.4, 0.5) is 0 Å². The van der Waals surface area contributed by atoms with E-state index in [0.717, 1.165) is 11.3 Å². The standard InChI is InChI=1S/C11H10N2O3/c1-7(14)10-12-11(16-13-10)8-3-5-9(15-2)6-4-8/h3-6H,1-2H3. The second-order valence-corrected chi connectivity index (χ2v) is 3.21. The first-order valence-electron chi connectivity index (χ1n) is 4.70. The van der Waals surface area contributed by atoms with Gasteiger partial charge in [0.25, 0.3) is 5.89 Å². The van der Waals surface area contributed by atoms with Crippen molar-refractivity contribution in [2.45, 2.75) is 6.92 Å². The largest absolute Gasteiger partial charge is 0.497 e. The average molecular weight is 218 g/mol. The quantitative estimate of drug-likeness (QED) is 0.736. The highest BCUT2D eigenvalue weighted by Gasteiger charge is 2.11. The Hall–Kier alpha value is -2.17. The van der Waals surface area contributed by atoms with E-state index in [1.54, 1.807) is 31.4 Å². The van der Waals surface area contributed by atoms with Gasteiger partial charge in [-0.1, -0.05) is 5.16 Å². The van der Waals surface area contributed by atoms with E-state index in [2.05, 4.69) is 10.1 Å². The number of ether oxygens (including phenoxy) is 1. The predicted octanol–water partition coefficient (Wildman–Crippen LogP) is 1.95. The number of aromatic nitrogens is 2. The second kappa shape index (κ2) is 4.14. The van der Waals surface area contributed by atoms with Gasteiger partial charge in [0.05, 0.1) is 7.11 Å². The summed E-state index contributed by atoms with van der Waals surface area (Å²) >= 11 is 0. The summed E-state index contributed by atoms with van der Waals surface area (Å²) in [7, 11) is 1.59. The van der Waals surface area contributed by atoms with Gasteiger partial charge >= 0.3 is 0 Å². The third-order valence-corrected chi connectivity index (χ3v) is 2.08. The molecule has 16 heavy (non-hydrogen) atoms. The molecule has 0 saturated carbocycles. The van der Waals surface area contributed by atoms with Crippen molar-refractivity contribution in [3.8, 4) is 17.2 Å². The molecule has 0 fully saturated rings. The van der Waals surface area contributed by atoms with E-state index in [1.807, 2.05) is 0 Å². The third kappa shape index (κ3) is 1.93. The summed E-state index contributed by atoms with van der Waals surface area (Å²) in [6, 6.07) is 7.15. The molecular formula is C11H10N2O3. The fraction of sp³-hybridized carbons (Fsp3) is 0.182. The molecule has 5 nitrogen and oxygen atoms in total. The highest BCUT2D eigenvalue weighted by atomic mass is 16.5. The Morgan fingerprint density at radius 1 is 1.31 bits per heavy atom. The number of rotatable bonds is 3. The molecule has 0 atom stereocenters. The normalized spacial score (nSPS) is 10.1. The van der Waals surface area contributed by atoms with Gasteiger partial charge in [0.15, 0.2) is 0 Å². The summed E-state index contributed by atoms with van der Waals surface area (Å²) in [6.07, 6.45) is 0. The molecule has 2 aromatic rings. The van der Waals surface area contributed by atoms with Crippen molar-refractivity contribution in [3.05, 3.63) is 30.1 Å². The lowest BCUT2D eigenvalue weighted by atomic mass is 10.2. The van der Waals surface area contributed by atoms with E-state index in [1.165, 1.54) is 6.92 Å². The maximum Gasteiger partial charge on any atom is 0.258 e. The molecule has 1 heterocycles. The summed E-state index contributed by atoms with van der Waals surface area (Å²) in [4.78, 5) is 15.0. The zero-order valence-electron chi connectivity index (χ0n) is 8.93. The van der Waals surface area contributed by atoms with Gasteiger partial charge in [0.1, 0.15) is 5.75 Å². The van der Waals surface area contributed by atoms with Gasteiger partial charge in [-0.05, 0) is 24.3 Å². The first-order chi connectivity index (χ1) is 7.70. The monoisotopic (exact) mass is 218 g/mol. The Labute approximate surface area is 92.0 Å². The maximum atomic E-state index is 11.0. The zero-order valence-corrected chi connectivity index (χ0v) is 8.93. The molecule has 0 saturated heterocycles. The van der Waals surface area contributed by atoms with Crippen molar-refractivity contribution in [1.29, 1.82) is 0 Å². The minimum atomic E-state index is -0.219. The minimum absolute atomic E-state index is 0.0887. The van der Waals surface area contributed by atoms with Crippen molar-refractivity contribution < 1.29 is 14.1 Å². The Morgan fingerprint density at radius 2 is 2.00 bits per heavy atom. The molecule has 0 aliphatic carbocycles. The Balaban J connectivity index is 2.31. The number of hydrogen-bond acceptors (Lipinski definition) is 5. The van der Waals surface area contributed by atoms with Gasteiger partial charge in [-0.15, -0.1) is 0 Å². The van der Waals surface area contributed by atoms with Gasteiger partial charge in [-0.25, -0.2) is 0 Å².